The lowest BCUT2D eigenvalue weighted by Crippen LogP contribution is -1.93. The monoisotopic (exact) mass is 352 g/mol. The second kappa shape index (κ2) is 7.79. The first-order chi connectivity index (χ1) is 12.7. The van der Waals surface area contributed by atoms with Crippen LogP contribution in [0.3, 0.4) is 0 Å². The fourth-order valence-electron chi connectivity index (χ4n) is 2.20. The predicted molar refractivity (Wildman–Crippen MR) is 88.4 cm³/mol. The van der Waals surface area contributed by atoms with Crippen molar-refractivity contribution in [3.05, 3.63) is 47.0 Å². The molecule has 0 aliphatic carbocycles. The summed E-state index contributed by atoms with van der Waals surface area (Å²) in [5.41, 5.74) is 2.56. The molecule has 0 aromatic carbocycles. The van der Waals surface area contributed by atoms with Gasteiger partial charge < -0.3 is 18.9 Å². The normalized spacial score (nSPS) is 19.2. The standard InChI is InChI=1S/2C9H8N2O2/c2*1-12-8-2-7(9-5-13-9)11-4-6(8)3-10/h2*2,4,9H,5H2,1H3/t2*9-/m10/s1. The zero-order valence-electron chi connectivity index (χ0n) is 14.3. The van der Waals surface area contributed by atoms with Crippen molar-refractivity contribution in [2.24, 2.45) is 0 Å². The van der Waals surface area contributed by atoms with Crippen molar-refractivity contribution in [1.29, 1.82) is 10.5 Å². The number of hydrogen-bond donors (Lipinski definition) is 0. The Balaban J connectivity index is 0.000000151. The lowest BCUT2D eigenvalue weighted by molar-refractivity contribution is 0.400. The average molecular weight is 352 g/mol. The van der Waals surface area contributed by atoms with Crippen molar-refractivity contribution in [3.8, 4) is 23.6 Å². The SMILES string of the molecule is COc1cc([C@@H]2CO2)ncc1C#N.COc1cc([C@H]2CO2)ncc1C#N. The van der Waals surface area contributed by atoms with Gasteiger partial charge in [0, 0.05) is 24.5 Å². The van der Waals surface area contributed by atoms with E-state index in [0.717, 1.165) is 11.4 Å². The molecular weight excluding hydrogens is 336 g/mol. The molecule has 0 N–H and O–H groups in total. The molecule has 4 rings (SSSR count). The number of pyridine rings is 2. The second-order valence-electron chi connectivity index (χ2n) is 5.49. The minimum absolute atomic E-state index is 0.0987. The highest BCUT2D eigenvalue weighted by molar-refractivity contribution is 5.43. The summed E-state index contributed by atoms with van der Waals surface area (Å²) in [6.45, 7) is 1.42. The minimum Gasteiger partial charge on any atom is -0.495 e. The van der Waals surface area contributed by atoms with Gasteiger partial charge in [0.2, 0.25) is 0 Å². The van der Waals surface area contributed by atoms with E-state index in [9.17, 15) is 0 Å². The first-order valence-electron chi connectivity index (χ1n) is 7.81. The molecule has 0 amide bonds. The number of nitrogens with zero attached hydrogens (tertiary/aromatic N) is 4. The van der Waals surface area contributed by atoms with Crippen molar-refractivity contribution >= 4 is 0 Å². The van der Waals surface area contributed by atoms with E-state index in [0.29, 0.717) is 35.8 Å². The second-order valence-corrected chi connectivity index (χ2v) is 5.49. The van der Waals surface area contributed by atoms with E-state index >= 15 is 0 Å². The fraction of sp³-hybridized carbons (Fsp3) is 0.333. The molecule has 26 heavy (non-hydrogen) atoms. The molecule has 8 nitrogen and oxygen atoms in total. The minimum atomic E-state index is 0.0987. The van der Waals surface area contributed by atoms with E-state index in [1.54, 1.807) is 12.1 Å². The summed E-state index contributed by atoms with van der Waals surface area (Å²) in [7, 11) is 3.07. The largest absolute Gasteiger partial charge is 0.495 e. The van der Waals surface area contributed by atoms with Crippen LogP contribution in [0, 0.1) is 22.7 Å². The molecule has 132 valence electrons. The van der Waals surface area contributed by atoms with Crippen LogP contribution in [0.5, 0.6) is 11.5 Å². The average Bonchev–Trinajstić information content (AvgIpc) is 3.59. The highest BCUT2D eigenvalue weighted by atomic mass is 16.6. The van der Waals surface area contributed by atoms with Crippen molar-refractivity contribution in [2.45, 2.75) is 12.2 Å². The van der Waals surface area contributed by atoms with Gasteiger partial charge in [0.25, 0.3) is 0 Å². The van der Waals surface area contributed by atoms with Crippen molar-refractivity contribution < 1.29 is 18.9 Å². The van der Waals surface area contributed by atoms with Crippen LogP contribution in [0.25, 0.3) is 0 Å². The van der Waals surface area contributed by atoms with E-state index in [-0.39, 0.29) is 12.2 Å². The molecule has 0 saturated carbocycles. The number of aromatic nitrogens is 2. The quantitative estimate of drug-likeness (QED) is 0.768. The Labute approximate surface area is 150 Å². The van der Waals surface area contributed by atoms with Crippen LogP contribution in [-0.4, -0.2) is 37.4 Å². The Kier molecular flexibility index (Phi) is 5.28. The summed E-state index contributed by atoms with van der Waals surface area (Å²) in [6, 6.07) is 7.50. The van der Waals surface area contributed by atoms with E-state index in [1.807, 2.05) is 12.1 Å². The highest BCUT2D eigenvalue weighted by Gasteiger charge is 2.27. The van der Waals surface area contributed by atoms with Crippen LogP contribution in [0.4, 0.5) is 0 Å². The van der Waals surface area contributed by atoms with Gasteiger partial charge in [0.1, 0.15) is 47.0 Å². The predicted octanol–water partition coefficient (Wildman–Crippen LogP) is 2.07. The number of nitriles is 2. The van der Waals surface area contributed by atoms with Crippen molar-refractivity contribution in [3.63, 3.8) is 0 Å². The van der Waals surface area contributed by atoms with Crippen molar-refractivity contribution in [1.82, 2.24) is 9.97 Å². The van der Waals surface area contributed by atoms with Gasteiger partial charge in [-0.25, -0.2) is 0 Å². The van der Waals surface area contributed by atoms with Gasteiger partial charge in [-0.15, -0.1) is 0 Å². The third kappa shape index (κ3) is 4.06. The van der Waals surface area contributed by atoms with Crippen LogP contribution >= 0.6 is 0 Å². The Morgan fingerprint density at radius 2 is 1.27 bits per heavy atom. The molecular formula is C18H16N4O4. The van der Waals surface area contributed by atoms with Crippen LogP contribution < -0.4 is 9.47 Å². The zero-order chi connectivity index (χ0) is 18.5. The van der Waals surface area contributed by atoms with Gasteiger partial charge in [0.15, 0.2) is 0 Å². The summed E-state index contributed by atoms with van der Waals surface area (Å²) in [4.78, 5) is 8.19. The van der Waals surface area contributed by atoms with E-state index in [1.165, 1.54) is 26.6 Å². The third-order valence-electron chi connectivity index (χ3n) is 3.78. The number of methoxy groups -OCH3 is 2. The molecule has 0 bridgehead atoms. The third-order valence-corrected chi connectivity index (χ3v) is 3.78. The molecule has 0 spiro atoms. The lowest BCUT2D eigenvalue weighted by atomic mass is 10.2. The summed E-state index contributed by atoms with van der Waals surface area (Å²) in [5, 5.41) is 17.4. The van der Waals surface area contributed by atoms with E-state index < -0.39 is 0 Å². The number of epoxide rings is 2. The molecule has 2 aromatic heterocycles. The van der Waals surface area contributed by atoms with Crippen LogP contribution in [0.2, 0.25) is 0 Å². The van der Waals surface area contributed by atoms with Gasteiger partial charge in [-0.1, -0.05) is 0 Å². The summed E-state index contributed by atoms with van der Waals surface area (Å²) < 4.78 is 20.2. The number of hydrogen-bond acceptors (Lipinski definition) is 8. The Hall–Kier alpha value is -3.20. The van der Waals surface area contributed by atoms with Crippen LogP contribution in [-0.2, 0) is 9.47 Å². The maximum atomic E-state index is 8.69. The molecule has 0 unspecified atom stereocenters. The summed E-state index contributed by atoms with van der Waals surface area (Å²) in [5.74, 6) is 1.12. The summed E-state index contributed by atoms with van der Waals surface area (Å²) in [6.07, 6.45) is 3.22. The van der Waals surface area contributed by atoms with Crippen molar-refractivity contribution in [2.75, 3.05) is 27.4 Å². The molecule has 2 aromatic rings. The fourth-order valence-corrected chi connectivity index (χ4v) is 2.20. The number of rotatable bonds is 4. The Morgan fingerprint density at radius 3 is 1.54 bits per heavy atom. The van der Waals surface area contributed by atoms with E-state index in [2.05, 4.69) is 9.97 Å². The smallest absolute Gasteiger partial charge is 0.140 e. The Bertz CT molecular complexity index is 806. The molecule has 2 atom stereocenters. The molecule has 4 heterocycles. The van der Waals surface area contributed by atoms with Crippen LogP contribution in [0.1, 0.15) is 34.7 Å². The van der Waals surface area contributed by atoms with Gasteiger partial charge in [-0.05, 0) is 0 Å². The molecule has 8 heteroatoms. The van der Waals surface area contributed by atoms with Gasteiger partial charge in [-0.2, -0.15) is 10.5 Å². The highest BCUT2D eigenvalue weighted by Crippen LogP contribution is 2.31. The first-order valence-corrected chi connectivity index (χ1v) is 7.81. The molecule has 0 radical (unpaired) electrons. The topological polar surface area (TPSA) is 117 Å². The van der Waals surface area contributed by atoms with Crippen LogP contribution in [0.15, 0.2) is 24.5 Å². The van der Waals surface area contributed by atoms with Gasteiger partial charge in [-0.3, -0.25) is 9.97 Å². The van der Waals surface area contributed by atoms with Gasteiger partial charge >= 0.3 is 0 Å². The zero-order valence-corrected chi connectivity index (χ0v) is 14.3. The Morgan fingerprint density at radius 1 is 0.885 bits per heavy atom. The maximum Gasteiger partial charge on any atom is 0.140 e. The summed E-state index contributed by atoms with van der Waals surface area (Å²) >= 11 is 0. The first kappa shape index (κ1) is 17.6. The molecule has 2 fully saturated rings. The number of ether oxygens (including phenoxy) is 4. The van der Waals surface area contributed by atoms with Gasteiger partial charge in [0.05, 0.1) is 38.8 Å². The molecule has 2 aliphatic rings. The molecule has 2 aliphatic heterocycles. The lowest BCUT2D eigenvalue weighted by Gasteiger charge is -2.02. The molecule has 2 saturated heterocycles. The maximum absolute atomic E-state index is 8.69. The van der Waals surface area contributed by atoms with E-state index in [4.69, 9.17) is 29.5 Å².